The lowest BCUT2D eigenvalue weighted by Crippen LogP contribution is -2.30. The number of aromatic nitrogens is 5. The lowest BCUT2D eigenvalue weighted by Gasteiger charge is -2.23. The van der Waals surface area contributed by atoms with Crippen molar-refractivity contribution in [1.29, 1.82) is 0 Å². The van der Waals surface area contributed by atoms with Crippen LogP contribution in [0.2, 0.25) is 0 Å². The monoisotopic (exact) mass is 526 g/mol. The Morgan fingerprint density at radius 3 is 2.56 bits per heavy atom. The number of piperidine rings is 1. The van der Waals surface area contributed by atoms with Crippen molar-refractivity contribution < 1.29 is 4.42 Å². The Labute approximate surface area is 220 Å². The van der Waals surface area contributed by atoms with Crippen molar-refractivity contribution in [3.05, 3.63) is 53.9 Å². The number of nitrogen functional groups attached to an aromatic ring is 1. The van der Waals surface area contributed by atoms with Gasteiger partial charge in [-0.05, 0) is 69.1 Å². The Balaban J connectivity index is 0.00000152. The lowest BCUT2D eigenvalue weighted by molar-refractivity contribution is 0.350. The van der Waals surface area contributed by atoms with E-state index in [1.165, 1.54) is 6.33 Å². The molecule has 2 aromatic carbocycles. The second-order valence-electron chi connectivity index (χ2n) is 8.88. The van der Waals surface area contributed by atoms with Crippen LogP contribution in [0.25, 0.3) is 33.4 Å². The number of nitrogens with two attached hydrogens (primary N) is 1. The van der Waals surface area contributed by atoms with E-state index < -0.39 is 0 Å². The highest BCUT2D eigenvalue weighted by molar-refractivity contribution is 5.98. The van der Waals surface area contributed by atoms with E-state index >= 15 is 0 Å². The number of benzene rings is 2. The number of aryl methyl sites for hydroxylation is 2. The third kappa shape index (κ3) is 4.57. The number of anilines is 3. The maximum absolute atomic E-state index is 6.28. The molecule has 6 rings (SSSR count). The fourth-order valence-corrected chi connectivity index (χ4v) is 4.77. The molecule has 0 amide bonds. The van der Waals surface area contributed by atoms with Crippen molar-refractivity contribution in [2.45, 2.75) is 32.7 Å². The number of fused-ring (bicyclic) bond motifs is 2. The number of halogens is 2. The fraction of sp³-hybridized carbons (Fsp3) is 0.280. The van der Waals surface area contributed by atoms with Crippen LogP contribution >= 0.6 is 24.8 Å². The molecule has 3 aromatic heterocycles. The standard InChI is InChI=1S/C25H26N8O.2ClH/c1-14-11-15(2)22-19(12-14)31-25(34-22)30-17-5-3-16(4-6-17)21-20-23(26)28-13-29-24(20)33(32-21)18-7-9-27-10-8-18;;/h3-6,11-13,18,27H,7-10H2,1-2H3,(H,30,31)(H2,26,28,29);2*1H. The number of nitrogens with one attached hydrogen (secondary N) is 2. The number of rotatable bonds is 4. The molecule has 0 radical (unpaired) electrons. The molecular weight excluding hydrogens is 499 g/mol. The third-order valence-electron chi connectivity index (χ3n) is 6.40. The summed E-state index contributed by atoms with van der Waals surface area (Å²) in [6.45, 7) is 6.02. The van der Waals surface area contributed by atoms with Crippen LogP contribution < -0.4 is 16.4 Å². The van der Waals surface area contributed by atoms with E-state index in [-0.39, 0.29) is 24.8 Å². The van der Waals surface area contributed by atoms with Crippen molar-refractivity contribution in [2.75, 3.05) is 24.1 Å². The SMILES string of the molecule is Cc1cc(C)c2oc(Nc3ccc(-c4nn(C5CCNCC5)c5ncnc(N)c45)cc3)nc2c1.Cl.Cl. The number of oxazole rings is 1. The summed E-state index contributed by atoms with van der Waals surface area (Å²) in [6, 6.07) is 12.9. The molecular formula is C25H28Cl2N8O. The van der Waals surface area contributed by atoms with E-state index in [9.17, 15) is 0 Å². The van der Waals surface area contributed by atoms with Gasteiger partial charge in [0, 0.05) is 11.3 Å². The van der Waals surface area contributed by atoms with Gasteiger partial charge < -0.3 is 20.8 Å². The molecule has 1 fully saturated rings. The maximum Gasteiger partial charge on any atom is 0.300 e. The third-order valence-corrected chi connectivity index (χ3v) is 6.40. The molecule has 4 N–H and O–H groups in total. The van der Waals surface area contributed by atoms with Crippen molar-refractivity contribution in [2.24, 2.45) is 0 Å². The molecule has 188 valence electrons. The largest absolute Gasteiger partial charge is 0.423 e. The minimum Gasteiger partial charge on any atom is -0.423 e. The van der Waals surface area contributed by atoms with Crippen LogP contribution in [-0.2, 0) is 0 Å². The van der Waals surface area contributed by atoms with Crippen LogP contribution in [0.3, 0.4) is 0 Å². The van der Waals surface area contributed by atoms with Crippen LogP contribution in [0.1, 0.15) is 30.0 Å². The minimum absolute atomic E-state index is 0. The van der Waals surface area contributed by atoms with Gasteiger partial charge in [-0.15, -0.1) is 24.8 Å². The Morgan fingerprint density at radius 2 is 1.81 bits per heavy atom. The summed E-state index contributed by atoms with van der Waals surface area (Å²) < 4.78 is 7.97. The van der Waals surface area contributed by atoms with E-state index in [1.54, 1.807) is 0 Å². The first-order chi connectivity index (χ1) is 16.6. The molecule has 9 nitrogen and oxygen atoms in total. The summed E-state index contributed by atoms with van der Waals surface area (Å²) in [6.07, 6.45) is 3.52. The van der Waals surface area contributed by atoms with E-state index in [4.69, 9.17) is 15.2 Å². The molecule has 5 aromatic rings. The number of hydrogen-bond acceptors (Lipinski definition) is 8. The quantitative estimate of drug-likeness (QED) is 0.286. The first-order valence-corrected chi connectivity index (χ1v) is 11.5. The Kier molecular flexibility index (Phi) is 7.35. The van der Waals surface area contributed by atoms with Crippen molar-refractivity contribution in [3.63, 3.8) is 0 Å². The Hall–Kier alpha value is -3.40. The van der Waals surface area contributed by atoms with Gasteiger partial charge in [0.15, 0.2) is 11.2 Å². The molecule has 0 aliphatic carbocycles. The fourth-order valence-electron chi connectivity index (χ4n) is 4.77. The molecule has 1 aliphatic rings. The zero-order valence-electron chi connectivity index (χ0n) is 20.0. The average molecular weight is 527 g/mol. The topological polar surface area (TPSA) is 120 Å². The molecule has 0 unspecified atom stereocenters. The van der Waals surface area contributed by atoms with Gasteiger partial charge in [-0.1, -0.05) is 18.2 Å². The maximum atomic E-state index is 6.28. The summed E-state index contributed by atoms with van der Waals surface area (Å²) in [5.41, 5.74) is 13.6. The Morgan fingerprint density at radius 1 is 1.06 bits per heavy atom. The first kappa shape index (κ1) is 25.7. The zero-order valence-corrected chi connectivity index (χ0v) is 21.6. The predicted molar refractivity (Wildman–Crippen MR) is 148 cm³/mol. The van der Waals surface area contributed by atoms with Gasteiger partial charge in [-0.3, -0.25) is 0 Å². The van der Waals surface area contributed by atoms with Crippen LogP contribution in [0, 0.1) is 13.8 Å². The molecule has 1 saturated heterocycles. The van der Waals surface area contributed by atoms with Gasteiger partial charge in [0.1, 0.15) is 23.4 Å². The highest BCUT2D eigenvalue weighted by Crippen LogP contribution is 2.34. The van der Waals surface area contributed by atoms with E-state index in [1.807, 2.05) is 41.9 Å². The lowest BCUT2D eigenvalue weighted by atomic mass is 10.1. The second-order valence-corrected chi connectivity index (χ2v) is 8.88. The van der Waals surface area contributed by atoms with Crippen molar-refractivity contribution in [3.8, 4) is 11.3 Å². The second kappa shape index (κ2) is 10.3. The Bertz CT molecular complexity index is 1510. The van der Waals surface area contributed by atoms with Gasteiger partial charge in [-0.2, -0.15) is 10.1 Å². The van der Waals surface area contributed by atoms with Crippen molar-refractivity contribution >= 4 is 64.5 Å². The minimum atomic E-state index is 0. The van der Waals surface area contributed by atoms with E-state index in [0.717, 1.165) is 76.1 Å². The van der Waals surface area contributed by atoms with Crippen LogP contribution in [0.4, 0.5) is 17.5 Å². The van der Waals surface area contributed by atoms with Gasteiger partial charge in [0.25, 0.3) is 6.01 Å². The van der Waals surface area contributed by atoms with Crippen LogP contribution in [0.5, 0.6) is 0 Å². The summed E-state index contributed by atoms with van der Waals surface area (Å²) in [5, 5.41) is 12.4. The van der Waals surface area contributed by atoms with E-state index in [2.05, 4.69) is 38.6 Å². The molecule has 0 atom stereocenters. The predicted octanol–water partition coefficient (Wildman–Crippen LogP) is 5.35. The highest BCUT2D eigenvalue weighted by Gasteiger charge is 2.23. The van der Waals surface area contributed by atoms with Gasteiger partial charge >= 0.3 is 0 Å². The smallest absolute Gasteiger partial charge is 0.300 e. The molecule has 11 heteroatoms. The zero-order chi connectivity index (χ0) is 23.2. The number of nitrogens with zero attached hydrogens (tertiary/aromatic N) is 5. The van der Waals surface area contributed by atoms with Crippen molar-refractivity contribution in [1.82, 2.24) is 30.0 Å². The summed E-state index contributed by atoms with van der Waals surface area (Å²) in [4.78, 5) is 13.3. The average Bonchev–Trinajstić information content (AvgIpc) is 3.43. The molecule has 0 spiro atoms. The normalized spacial score (nSPS) is 13.9. The van der Waals surface area contributed by atoms with Crippen LogP contribution in [0.15, 0.2) is 47.1 Å². The van der Waals surface area contributed by atoms with E-state index in [0.29, 0.717) is 17.9 Å². The molecule has 1 aliphatic heterocycles. The number of hydrogen-bond donors (Lipinski definition) is 3. The molecule has 4 heterocycles. The first-order valence-electron chi connectivity index (χ1n) is 11.5. The molecule has 0 saturated carbocycles. The van der Waals surface area contributed by atoms with Gasteiger partial charge in [0.2, 0.25) is 0 Å². The molecule has 36 heavy (non-hydrogen) atoms. The summed E-state index contributed by atoms with van der Waals surface area (Å²) >= 11 is 0. The molecule has 0 bridgehead atoms. The van der Waals surface area contributed by atoms with Gasteiger partial charge in [0.05, 0.1) is 11.4 Å². The van der Waals surface area contributed by atoms with Gasteiger partial charge in [-0.25, -0.2) is 14.6 Å². The summed E-state index contributed by atoms with van der Waals surface area (Å²) in [5.74, 6) is 0.444. The van der Waals surface area contributed by atoms with Crippen LogP contribution in [-0.4, -0.2) is 37.8 Å². The summed E-state index contributed by atoms with van der Waals surface area (Å²) in [7, 11) is 0. The highest BCUT2D eigenvalue weighted by atomic mass is 35.5.